The van der Waals surface area contributed by atoms with E-state index in [2.05, 4.69) is 12.2 Å². The first-order chi connectivity index (χ1) is 6.93. The second-order valence-corrected chi connectivity index (χ2v) is 4.26. The standard InChI is InChI=1S/C12H25NO/c1-2-14-10-6-9-13-11-12-7-4-3-5-8-12/h12-13H,2-11H2,1H3. The van der Waals surface area contributed by atoms with E-state index in [4.69, 9.17) is 4.74 Å². The SMILES string of the molecule is CCOCCCNCC1CCCCC1. The van der Waals surface area contributed by atoms with Crippen LogP contribution in [0.4, 0.5) is 0 Å². The summed E-state index contributed by atoms with van der Waals surface area (Å²) in [6.45, 7) is 6.16. The van der Waals surface area contributed by atoms with Gasteiger partial charge in [0.2, 0.25) is 0 Å². The smallest absolute Gasteiger partial charge is 0.0477 e. The summed E-state index contributed by atoms with van der Waals surface area (Å²) >= 11 is 0. The van der Waals surface area contributed by atoms with Crippen molar-refractivity contribution in [1.82, 2.24) is 5.32 Å². The maximum absolute atomic E-state index is 5.29. The Kier molecular flexibility index (Phi) is 7.06. The van der Waals surface area contributed by atoms with Crippen molar-refractivity contribution in [2.45, 2.75) is 45.4 Å². The van der Waals surface area contributed by atoms with Crippen LogP contribution in [0.15, 0.2) is 0 Å². The van der Waals surface area contributed by atoms with Gasteiger partial charge in [0.25, 0.3) is 0 Å². The molecule has 1 aliphatic rings. The number of nitrogens with one attached hydrogen (secondary N) is 1. The molecule has 0 heterocycles. The van der Waals surface area contributed by atoms with Crippen molar-refractivity contribution >= 4 is 0 Å². The highest BCUT2D eigenvalue weighted by Gasteiger charge is 2.11. The predicted octanol–water partition coefficient (Wildman–Crippen LogP) is 2.58. The van der Waals surface area contributed by atoms with Gasteiger partial charge in [-0.3, -0.25) is 0 Å². The van der Waals surface area contributed by atoms with Crippen molar-refractivity contribution in [3.05, 3.63) is 0 Å². The largest absolute Gasteiger partial charge is 0.382 e. The highest BCUT2D eigenvalue weighted by Crippen LogP contribution is 2.22. The second kappa shape index (κ2) is 8.25. The Hall–Kier alpha value is -0.0800. The predicted molar refractivity (Wildman–Crippen MR) is 60.6 cm³/mol. The molecule has 0 saturated heterocycles. The molecule has 1 saturated carbocycles. The quantitative estimate of drug-likeness (QED) is 0.636. The van der Waals surface area contributed by atoms with Gasteiger partial charge in [0, 0.05) is 13.2 Å². The molecule has 0 aromatic carbocycles. The highest BCUT2D eigenvalue weighted by molar-refractivity contribution is 4.67. The van der Waals surface area contributed by atoms with Crippen LogP contribution in [0.1, 0.15) is 45.4 Å². The van der Waals surface area contributed by atoms with E-state index in [0.717, 1.165) is 32.1 Å². The summed E-state index contributed by atoms with van der Waals surface area (Å²) in [5.41, 5.74) is 0. The lowest BCUT2D eigenvalue weighted by Crippen LogP contribution is -2.25. The van der Waals surface area contributed by atoms with Crippen LogP contribution in [-0.4, -0.2) is 26.3 Å². The summed E-state index contributed by atoms with van der Waals surface area (Å²) in [6, 6.07) is 0. The molecule has 0 bridgehead atoms. The van der Waals surface area contributed by atoms with Gasteiger partial charge in [0.05, 0.1) is 0 Å². The molecule has 1 aliphatic carbocycles. The van der Waals surface area contributed by atoms with E-state index in [9.17, 15) is 0 Å². The molecule has 2 heteroatoms. The number of rotatable bonds is 7. The van der Waals surface area contributed by atoms with Gasteiger partial charge in [-0.25, -0.2) is 0 Å². The Balaban J connectivity index is 1.82. The van der Waals surface area contributed by atoms with Crippen LogP contribution in [0.5, 0.6) is 0 Å². The lowest BCUT2D eigenvalue weighted by Gasteiger charge is -2.21. The van der Waals surface area contributed by atoms with Crippen molar-refractivity contribution in [2.24, 2.45) is 5.92 Å². The van der Waals surface area contributed by atoms with Gasteiger partial charge >= 0.3 is 0 Å². The summed E-state index contributed by atoms with van der Waals surface area (Å²) in [6.07, 6.45) is 8.40. The number of ether oxygens (including phenoxy) is 1. The van der Waals surface area contributed by atoms with Gasteiger partial charge in [-0.05, 0) is 45.2 Å². The molecule has 0 amide bonds. The topological polar surface area (TPSA) is 21.3 Å². The molecule has 1 N–H and O–H groups in total. The molecule has 84 valence electrons. The van der Waals surface area contributed by atoms with Gasteiger partial charge in [-0.1, -0.05) is 19.3 Å². The lowest BCUT2D eigenvalue weighted by molar-refractivity contribution is 0.144. The van der Waals surface area contributed by atoms with E-state index in [-0.39, 0.29) is 0 Å². The fourth-order valence-electron chi connectivity index (χ4n) is 2.14. The average Bonchev–Trinajstić information content (AvgIpc) is 2.25. The number of hydrogen-bond acceptors (Lipinski definition) is 2. The van der Waals surface area contributed by atoms with Crippen molar-refractivity contribution in [3.8, 4) is 0 Å². The molecular formula is C12H25NO. The third-order valence-corrected chi connectivity index (χ3v) is 3.00. The van der Waals surface area contributed by atoms with E-state index in [1.54, 1.807) is 0 Å². The summed E-state index contributed by atoms with van der Waals surface area (Å²) in [7, 11) is 0. The lowest BCUT2D eigenvalue weighted by atomic mass is 9.89. The summed E-state index contributed by atoms with van der Waals surface area (Å²) in [5.74, 6) is 0.954. The van der Waals surface area contributed by atoms with Crippen LogP contribution < -0.4 is 5.32 Å². The first-order valence-electron chi connectivity index (χ1n) is 6.22. The molecule has 0 aromatic rings. The zero-order valence-electron chi connectivity index (χ0n) is 9.56. The average molecular weight is 199 g/mol. The molecule has 14 heavy (non-hydrogen) atoms. The van der Waals surface area contributed by atoms with Crippen LogP contribution in [0.25, 0.3) is 0 Å². The fourth-order valence-corrected chi connectivity index (χ4v) is 2.14. The van der Waals surface area contributed by atoms with E-state index in [0.29, 0.717) is 0 Å². The van der Waals surface area contributed by atoms with E-state index in [1.165, 1.54) is 38.6 Å². The summed E-state index contributed by atoms with van der Waals surface area (Å²) < 4.78 is 5.29. The normalized spacial score (nSPS) is 18.6. The zero-order valence-corrected chi connectivity index (χ0v) is 9.56. The number of hydrogen-bond donors (Lipinski definition) is 1. The Morgan fingerprint density at radius 1 is 1.21 bits per heavy atom. The zero-order chi connectivity index (χ0) is 10.1. The van der Waals surface area contributed by atoms with Crippen LogP contribution in [0.3, 0.4) is 0 Å². The molecule has 0 aromatic heterocycles. The van der Waals surface area contributed by atoms with E-state index >= 15 is 0 Å². The third kappa shape index (κ3) is 5.61. The molecule has 0 unspecified atom stereocenters. The van der Waals surface area contributed by atoms with Crippen molar-refractivity contribution < 1.29 is 4.74 Å². The molecule has 0 radical (unpaired) electrons. The first-order valence-corrected chi connectivity index (χ1v) is 6.22. The minimum atomic E-state index is 0.850. The molecule has 0 aliphatic heterocycles. The molecule has 1 rings (SSSR count). The molecule has 0 atom stereocenters. The van der Waals surface area contributed by atoms with Crippen LogP contribution in [0.2, 0.25) is 0 Å². The first kappa shape index (κ1) is 12.0. The second-order valence-electron chi connectivity index (χ2n) is 4.26. The Labute approximate surface area is 88.4 Å². The summed E-state index contributed by atoms with van der Waals surface area (Å²) in [4.78, 5) is 0. The van der Waals surface area contributed by atoms with Gasteiger partial charge < -0.3 is 10.1 Å². The van der Waals surface area contributed by atoms with Gasteiger partial charge in [0.1, 0.15) is 0 Å². The molecular weight excluding hydrogens is 174 g/mol. The van der Waals surface area contributed by atoms with Crippen LogP contribution >= 0.6 is 0 Å². The molecule has 0 spiro atoms. The van der Waals surface area contributed by atoms with Crippen molar-refractivity contribution in [1.29, 1.82) is 0 Å². The molecule has 2 nitrogen and oxygen atoms in total. The maximum atomic E-state index is 5.29. The third-order valence-electron chi connectivity index (χ3n) is 3.00. The maximum Gasteiger partial charge on any atom is 0.0477 e. The van der Waals surface area contributed by atoms with Crippen LogP contribution in [-0.2, 0) is 4.74 Å². The molecule has 1 fully saturated rings. The highest BCUT2D eigenvalue weighted by atomic mass is 16.5. The monoisotopic (exact) mass is 199 g/mol. The Morgan fingerprint density at radius 2 is 2.00 bits per heavy atom. The Bertz CT molecular complexity index is 121. The van der Waals surface area contributed by atoms with Gasteiger partial charge in [-0.15, -0.1) is 0 Å². The Morgan fingerprint density at radius 3 is 2.71 bits per heavy atom. The van der Waals surface area contributed by atoms with Crippen molar-refractivity contribution in [3.63, 3.8) is 0 Å². The van der Waals surface area contributed by atoms with Crippen LogP contribution in [0, 0.1) is 5.92 Å². The fraction of sp³-hybridized carbons (Fsp3) is 1.00. The van der Waals surface area contributed by atoms with Gasteiger partial charge in [-0.2, -0.15) is 0 Å². The van der Waals surface area contributed by atoms with E-state index in [1.807, 2.05) is 0 Å². The van der Waals surface area contributed by atoms with Crippen molar-refractivity contribution in [2.75, 3.05) is 26.3 Å². The minimum Gasteiger partial charge on any atom is -0.382 e. The minimum absolute atomic E-state index is 0.850. The van der Waals surface area contributed by atoms with E-state index < -0.39 is 0 Å². The van der Waals surface area contributed by atoms with Gasteiger partial charge in [0.15, 0.2) is 0 Å². The summed E-state index contributed by atoms with van der Waals surface area (Å²) in [5, 5.41) is 3.53.